The predicted octanol–water partition coefficient (Wildman–Crippen LogP) is 3.26. The second-order valence-electron chi connectivity index (χ2n) is 7.38. The van der Waals surface area contributed by atoms with Crippen molar-refractivity contribution in [2.45, 2.75) is 18.9 Å². The lowest BCUT2D eigenvalue weighted by molar-refractivity contribution is 0.0938. The number of nitrogens with zero attached hydrogens (tertiary/aromatic N) is 4. The number of carbonyl (C=O) groups is 1. The molecule has 1 fully saturated rings. The smallest absolute Gasteiger partial charge is 0.318 e. The highest BCUT2D eigenvalue weighted by atomic mass is 16.4. The van der Waals surface area contributed by atoms with Crippen molar-refractivity contribution in [3.05, 3.63) is 71.6 Å². The molecule has 1 N–H and O–H groups in total. The van der Waals surface area contributed by atoms with Crippen molar-refractivity contribution in [1.29, 1.82) is 0 Å². The van der Waals surface area contributed by atoms with Gasteiger partial charge in [0, 0.05) is 38.4 Å². The van der Waals surface area contributed by atoms with E-state index < -0.39 is 6.04 Å². The Balaban J connectivity index is 1.58. The maximum absolute atomic E-state index is 12.9. The summed E-state index contributed by atoms with van der Waals surface area (Å²) in [6.07, 6.45) is 2.25. The summed E-state index contributed by atoms with van der Waals surface area (Å²) in [6.45, 7) is 1.84. The highest BCUT2D eigenvalue weighted by Crippen LogP contribution is 2.26. The maximum Gasteiger partial charge on any atom is 0.318 e. The van der Waals surface area contributed by atoms with Crippen LogP contribution in [0.4, 0.5) is 11.7 Å². The fourth-order valence-corrected chi connectivity index (χ4v) is 3.44. The summed E-state index contributed by atoms with van der Waals surface area (Å²) in [6, 6.07) is 17.2. The van der Waals surface area contributed by atoms with E-state index in [9.17, 15) is 4.79 Å². The van der Waals surface area contributed by atoms with Crippen LogP contribution in [-0.2, 0) is 0 Å². The van der Waals surface area contributed by atoms with Crippen LogP contribution in [0.15, 0.2) is 59.0 Å². The van der Waals surface area contributed by atoms with Crippen LogP contribution in [-0.4, -0.2) is 43.3 Å². The first-order chi connectivity index (χ1) is 14.1. The van der Waals surface area contributed by atoms with Gasteiger partial charge >= 0.3 is 6.01 Å². The zero-order valence-electron chi connectivity index (χ0n) is 16.7. The van der Waals surface area contributed by atoms with E-state index in [0.29, 0.717) is 17.5 Å². The zero-order valence-corrected chi connectivity index (χ0v) is 16.7. The van der Waals surface area contributed by atoms with Crippen LogP contribution in [0, 0.1) is 0 Å². The van der Waals surface area contributed by atoms with Gasteiger partial charge < -0.3 is 19.5 Å². The molecule has 0 spiro atoms. The first-order valence-electron chi connectivity index (χ1n) is 9.83. The van der Waals surface area contributed by atoms with Crippen LogP contribution >= 0.6 is 0 Å². The molecule has 0 bridgehead atoms. The molecular formula is C22H25N5O2. The third kappa shape index (κ3) is 4.23. The highest BCUT2D eigenvalue weighted by molar-refractivity contribution is 5.95. The normalized spacial score (nSPS) is 14.6. The third-order valence-electron chi connectivity index (χ3n) is 5.11. The lowest BCUT2D eigenvalue weighted by Gasteiger charge is -2.17. The number of aromatic nitrogens is 2. The molecule has 1 aliphatic heterocycles. The SMILES string of the molecule is CN(C)c1ccc(C(=O)NC(c2ccccc2)c2nnc(N3CCCC3)o2)cc1. The second kappa shape index (κ2) is 8.34. The van der Waals surface area contributed by atoms with E-state index in [4.69, 9.17) is 4.42 Å². The first kappa shape index (κ1) is 19.0. The Labute approximate surface area is 170 Å². The van der Waals surface area contributed by atoms with E-state index in [1.807, 2.05) is 73.6 Å². The molecule has 7 heteroatoms. The van der Waals surface area contributed by atoms with Crippen molar-refractivity contribution >= 4 is 17.6 Å². The van der Waals surface area contributed by atoms with Gasteiger partial charge in [0.2, 0.25) is 5.89 Å². The number of rotatable bonds is 6. The van der Waals surface area contributed by atoms with Gasteiger partial charge in [-0.3, -0.25) is 4.79 Å². The lowest BCUT2D eigenvalue weighted by atomic mass is 10.1. The fourth-order valence-electron chi connectivity index (χ4n) is 3.44. The molecule has 1 unspecified atom stereocenters. The average molecular weight is 391 g/mol. The van der Waals surface area contributed by atoms with E-state index in [0.717, 1.165) is 37.2 Å². The van der Waals surface area contributed by atoms with Gasteiger partial charge in [0.25, 0.3) is 5.91 Å². The van der Waals surface area contributed by atoms with Crippen molar-refractivity contribution in [3.8, 4) is 0 Å². The maximum atomic E-state index is 12.9. The number of hydrogen-bond acceptors (Lipinski definition) is 6. The Morgan fingerprint density at radius 2 is 1.72 bits per heavy atom. The molecule has 2 aromatic carbocycles. The van der Waals surface area contributed by atoms with Crippen LogP contribution in [0.2, 0.25) is 0 Å². The van der Waals surface area contributed by atoms with Gasteiger partial charge in [0.15, 0.2) is 0 Å². The van der Waals surface area contributed by atoms with Gasteiger partial charge in [-0.1, -0.05) is 35.4 Å². The molecule has 150 valence electrons. The molecule has 0 aliphatic carbocycles. The number of anilines is 2. The summed E-state index contributed by atoms with van der Waals surface area (Å²) in [5.74, 6) is 0.196. The molecule has 0 radical (unpaired) electrons. The Morgan fingerprint density at radius 1 is 1.03 bits per heavy atom. The molecule has 29 heavy (non-hydrogen) atoms. The summed E-state index contributed by atoms with van der Waals surface area (Å²) in [5.41, 5.74) is 2.51. The molecule has 1 amide bonds. The Hall–Kier alpha value is -3.35. The van der Waals surface area contributed by atoms with Crippen molar-refractivity contribution in [3.63, 3.8) is 0 Å². The minimum Gasteiger partial charge on any atom is -0.405 e. The molecular weight excluding hydrogens is 366 g/mol. The van der Waals surface area contributed by atoms with Crippen LogP contribution < -0.4 is 15.1 Å². The van der Waals surface area contributed by atoms with Crippen LogP contribution in [0.5, 0.6) is 0 Å². The van der Waals surface area contributed by atoms with E-state index in [1.54, 1.807) is 0 Å². The van der Waals surface area contributed by atoms with Crippen molar-refractivity contribution in [2.24, 2.45) is 0 Å². The number of benzene rings is 2. The van der Waals surface area contributed by atoms with Gasteiger partial charge in [0.1, 0.15) is 6.04 Å². The fraction of sp³-hybridized carbons (Fsp3) is 0.318. The monoisotopic (exact) mass is 391 g/mol. The van der Waals surface area contributed by atoms with Gasteiger partial charge in [-0.05, 0) is 42.7 Å². The molecule has 3 aromatic rings. The van der Waals surface area contributed by atoms with Crippen molar-refractivity contribution in [2.75, 3.05) is 37.0 Å². The number of nitrogens with one attached hydrogen (secondary N) is 1. The summed E-state index contributed by atoms with van der Waals surface area (Å²) >= 11 is 0. The topological polar surface area (TPSA) is 74.5 Å². The largest absolute Gasteiger partial charge is 0.405 e. The Morgan fingerprint density at radius 3 is 2.38 bits per heavy atom. The second-order valence-corrected chi connectivity index (χ2v) is 7.38. The summed E-state index contributed by atoms with van der Waals surface area (Å²) in [4.78, 5) is 17.0. The quantitative estimate of drug-likeness (QED) is 0.695. The average Bonchev–Trinajstić information content (AvgIpc) is 3.44. The van der Waals surface area contributed by atoms with Gasteiger partial charge in [-0.2, -0.15) is 0 Å². The standard InChI is InChI=1S/C22H25N5O2/c1-26(2)18-12-10-17(11-13-18)20(28)23-19(16-8-4-3-5-9-16)21-24-25-22(29-21)27-14-6-7-15-27/h3-5,8-13,19H,6-7,14-15H2,1-2H3,(H,23,28). The highest BCUT2D eigenvalue weighted by Gasteiger charge is 2.26. The predicted molar refractivity (Wildman–Crippen MR) is 112 cm³/mol. The van der Waals surface area contributed by atoms with Crippen LogP contribution in [0.25, 0.3) is 0 Å². The van der Waals surface area contributed by atoms with Crippen molar-refractivity contribution < 1.29 is 9.21 Å². The van der Waals surface area contributed by atoms with Gasteiger partial charge in [-0.15, -0.1) is 5.10 Å². The first-order valence-corrected chi connectivity index (χ1v) is 9.83. The zero-order chi connectivity index (χ0) is 20.2. The summed E-state index contributed by atoms with van der Waals surface area (Å²) < 4.78 is 5.95. The molecule has 1 aromatic heterocycles. The molecule has 1 aliphatic rings. The van der Waals surface area contributed by atoms with Gasteiger partial charge in [0.05, 0.1) is 0 Å². The number of amides is 1. The summed E-state index contributed by atoms with van der Waals surface area (Å²) in [7, 11) is 3.93. The van der Waals surface area contributed by atoms with Crippen molar-refractivity contribution in [1.82, 2.24) is 15.5 Å². The molecule has 7 nitrogen and oxygen atoms in total. The molecule has 0 saturated carbocycles. The minimum atomic E-state index is -0.513. The van der Waals surface area contributed by atoms with Gasteiger partial charge in [-0.25, -0.2) is 0 Å². The third-order valence-corrected chi connectivity index (χ3v) is 5.11. The molecule has 1 atom stereocenters. The molecule has 2 heterocycles. The number of carbonyl (C=O) groups excluding carboxylic acids is 1. The number of hydrogen-bond donors (Lipinski definition) is 1. The Kier molecular flexibility index (Phi) is 5.46. The van der Waals surface area contributed by atoms with E-state index in [1.165, 1.54) is 0 Å². The molecule has 4 rings (SSSR count). The van der Waals surface area contributed by atoms with E-state index in [2.05, 4.69) is 20.4 Å². The van der Waals surface area contributed by atoms with E-state index in [-0.39, 0.29) is 5.91 Å². The molecule has 1 saturated heterocycles. The van der Waals surface area contributed by atoms with Crippen LogP contribution in [0.3, 0.4) is 0 Å². The lowest BCUT2D eigenvalue weighted by Crippen LogP contribution is -2.29. The minimum absolute atomic E-state index is 0.190. The van der Waals surface area contributed by atoms with Crippen LogP contribution in [0.1, 0.15) is 40.7 Å². The summed E-state index contributed by atoms with van der Waals surface area (Å²) in [5, 5.41) is 11.5. The Bertz CT molecular complexity index is 947. The van der Waals surface area contributed by atoms with E-state index >= 15 is 0 Å².